The van der Waals surface area contributed by atoms with Crippen LogP contribution in [0.4, 0.5) is 0 Å². The van der Waals surface area contributed by atoms with Crippen LogP contribution in [0, 0.1) is 0 Å². The Bertz CT molecular complexity index is 510. The highest BCUT2D eigenvalue weighted by molar-refractivity contribution is 7.91. The van der Waals surface area contributed by atoms with Gasteiger partial charge in [0.15, 0.2) is 0 Å². The minimum absolute atomic E-state index is 0.357. The number of ether oxygens (including phenoxy) is 1. The van der Waals surface area contributed by atoms with Crippen molar-refractivity contribution in [1.29, 1.82) is 0 Å². The Labute approximate surface area is 129 Å². The molecular formula is C16H23NO3S. The summed E-state index contributed by atoms with van der Waals surface area (Å²) in [5.41, 5.74) is 0.764. The Kier molecular flexibility index (Phi) is 5.59. The monoisotopic (exact) mass is 309 g/mol. The Morgan fingerprint density at radius 2 is 1.67 bits per heavy atom. The topological polar surface area (TPSA) is 61.7 Å². The molecule has 4 nitrogen and oxygen atoms in total. The van der Waals surface area contributed by atoms with Crippen LogP contribution in [0.1, 0.15) is 57.5 Å². The maximum absolute atomic E-state index is 11.9. The third kappa shape index (κ3) is 6.31. The summed E-state index contributed by atoms with van der Waals surface area (Å²) in [4.78, 5) is 11.9. The van der Waals surface area contributed by atoms with Gasteiger partial charge in [0.05, 0.1) is 11.8 Å². The molecule has 5 heteroatoms. The summed E-state index contributed by atoms with van der Waals surface area (Å²) >= 11 is -1.29. The molecular weight excluding hydrogens is 286 g/mol. The molecule has 0 fully saturated rings. The van der Waals surface area contributed by atoms with Crippen molar-refractivity contribution in [3.63, 3.8) is 0 Å². The minimum Gasteiger partial charge on any atom is -0.591 e. The molecule has 0 unspecified atom stereocenters. The van der Waals surface area contributed by atoms with E-state index < -0.39 is 17.0 Å². The summed E-state index contributed by atoms with van der Waals surface area (Å²) in [5.74, 6) is -0.357. The van der Waals surface area contributed by atoms with Crippen molar-refractivity contribution in [2.24, 2.45) is 4.40 Å². The standard InChI is InChI=1S/C16H23NO3S/c1-15(2,3)20-14(18)13-9-7-12(8-10-13)11-17-21(19)16(4,5)6/h7-11H,1-6H3/t21-/m1/s1. The van der Waals surface area contributed by atoms with Gasteiger partial charge in [-0.2, -0.15) is 0 Å². The second-order valence-corrected chi connectivity index (χ2v) is 8.65. The van der Waals surface area contributed by atoms with Gasteiger partial charge >= 0.3 is 5.97 Å². The summed E-state index contributed by atoms with van der Waals surface area (Å²) in [6.45, 7) is 11.1. The second kappa shape index (κ2) is 6.62. The third-order valence-electron chi connectivity index (χ3n) is 2.37. The fourth-order valence-corrected chi connectivity index (χ4v) is 1.84. The van der Waals surface area contributed by atoms with Gasteiger partial charge < -0.3 is 9.29 Å². The van der Waals surface area contributed by atoms with Crippen molar-refractivity contribution in [3.05, 3.63) is 35.4 Å². The lowest BCUT2D eigenvalue weighted by atomic mass is 10.1. The van der Waals surface area contributed by atoms with Crippen LogP contribution >= 0.6 is 0 Å². The average molecular weight is 309 g/mol. The van der Waals surface area contributed by atoms with E-state index in [0.717, 1.165) is 5.56 Å². The van der Waals surface area contributed by atoms with Gasteiger partial charge in [-0.3, -0.25) is 0 Å². The van der Waals surface area contributed by atoms with Crippen molar-refractivity contribution in [2.45, 2.75) is 51.9 Å². The first kappa shape index (κ1) is 17.7. The highest BCUT2D eigenvalue weighted by Crippen LogP contribution is 2.17. The van der Waals surface area contributed by atoms with Gasteiger partial charge in [0.1, 0.15) is 21.7 Å². The Balaban J connectivity index is 2.75. The summed E-state index contributed by atoms with van der Waals surface area (Å²) in [5, 5.41) is 0. The van der Waals surface area contributed by atoms with Gasteiger partial charge in [-0.15, -0.1) is 0 Å². The normalized spacial score (nSPS) is 14.2. The molecule has 0 saturated carbocycles. The molecule has 0 aliphatic heterocycles. The Morgan fingerprint density at radius 1 is 1.14 bits per heavy atom. The number of hydrogen-bond donors (Lipinski definition) is 0. The van der Waals surface area contributed by atoms with Crippen LogP contribution in [0.3, 0.4) is 0 Å². The lowest BCUT2D eigenvalue weighted by molar-refractivity contribution is 0.00695. The highest BCUT2D eigenvalue weighted by atomic mass is 32.2. The van der Waals surface area contributed by atoms with Crippen molar-refractivity contribution >= 4 is 23.5 Å². The maximum atomic E-state index is 11.9. The maximum Gasteiger partial charge on any atom is 0.338 e. The predicted octanol–water partition coefficient (Wildman–Crippen LogP) is 3.52. The minimum atomic E-state index is -1.29. The van der Waals surface area contributed by atoms with Crippen molar-refractivity contribution in [1.82, 2.24) is 0 Å². The van der Waals surface area contributed by atoms with Crippen molar-refractivity contribution in [3.8, 4) is 0 Å². The number of hydrogen-bond acceptors (Lipinski definition) is 4. The molecule has 21 heavy (non-hydrogen) atoms. The van der Waals surface area contributed by atoms with E-state index >= 15 is 0 Å². The van der Waals surface area contributed by atoms with E-state index in [1.165, 1.54) is 0 Å². The second-order valence-electron chi connectivity index (χ2n) is 6.72. The summed E-state index contributed by atoms with van der Waals surface area (Å²) in [6, 6.07) is 6.86. The Hall–Kier alpha value is -1.33. The zero-order chi connectivity index (χ0) is 16.3. The van der Waals surface area contributed by atoms with Crippen LogP contribution in [0.2, 0.25) is 0 Å². The van der Waals surface area contributed by atoms with Gasteiger partial charge in [-0.1, -0.05) is 16.5 Å². The molecule has 116 valence electrons. The zero-order valence-corrected chi connectivity index (χ0v) is 14.3. The van der Waals surface area contributed by atoms with Gasteiger partial charge in [0.25, 0.3) is 0 Å². The molecule has 0 N–H and O–H groups in total. The molecule has 1 atom stereocenters. The molecule has 0 aliphatic rings. The molecule has 1 aromatic carbocycles. The van der Waals surface area contributed by atoms with Gasteiger partial charge in [-0.25, -0.2) is 4.79 Å². The van der Waals surface area contributed by atoms with E-state index in [0.29, 0.717) is 5.56 Å². The number of nitrogens with zero attached hydrogens (tertiary/aromatic N) is 1. The molecule has 0 radical (unpaired) electrons. The molecule has 0 spiro atoms. The molecule has 1 rings (SSSR count). The molecule has 0 aliphatic carbocycles. The van der Waals surface area contributed by atoms with Crippen LogP contribution < -0.4 is 0 Å². The zero-order valence-electron chi connectivity index (χ0n) is 13.5. The van der Waals surface area contributed by atoms with E-state index in [9.17, 15) is 9.35 Å². The van der Waals surface area contributed by atoms with E-state index in [1.807, 2.05) is 41.5 Å². The number of carbonyl (C=O) groups excluding carboxylic acids is 1. The van der Waals surface area contributed by atoms with E-state index in [1.54, 1.807) is 30.5 Å². The molecule has 0 amide bonds. The number of benzene rings is 1. The first-order chi connectivity index (χ1) is 9.49. The average Bonchev–Trinajstić information content (AvgIpc) is 2.33. The predicted molar refractivity (Wildman–Crippen MR) is 87.1 cm³/mol. The first-order valence-corrected chi connectivity index (χ1v) is 7.89. The highest BCUT2D eigenvalue weighted by Gasteiger charge is 2.25. The smallest absolute Gasteiger partial charge is 0.338 e. The van der Waals surface area contributed by atoms with Gasteiger partial charge in [0.2, 0.25) is 0 Å². The third-order valence-corrected chi connectivity index (χ3v) is 3.71. The van der Waals surface area contributed by atoms with Crippen LogP contribution in [-0.2, 0) is 16.1 Å². The van der Waals surface area contributed by atoms with E-state index in [2.05, 4.69) is 4.40 Å². The Morgan fingerprint density at radius 3 is 2.10 bits per heavy atom. The van der Waals surface area contributed by atoms with E-state index in [4.69, 9.17) is 4.74 Å². The quantitative estimate of drug-likeness (QED) is 0.487. The molecule has 0 heterocycles. The van der Waals surface area contributed by atoms with Crippen molar-refractivity contribution in [2.75, 3.05) is 0 Å². The van der Waals surface area contributed by atoms with E-state index in [-0.39, 0.29) is 10.7 Å². The largest absolute Gasteiger partial charge is 0.591 e. The summed E-state index contributed by atoms with van der Waals surface area (Å²) in [6.07, 6.45) is 1.56. The lowest BCUT2D eigenvalue weighted by Gasteiger charge is -2.19. The van der Waals surface area contributed by atoms with Crippen LogP contribution in [0.25, 0.3) is 0 Å². The lowest BCUT2D eigenvalue weighted by Crippen LogP contribution is -2.25. The molecule has 0 bridgehead atoms. The number of rotatable bonds is 3. The van der Waals surface area contributed by atoms with Crippen LogP contribution in [0.5, 0.6) is 0 Å². The van der Waals surface area contributed by atoms with Crippen LogP contribution in [-0.4, -0.2) is 27.1 Å². The number of esters is 1. The molecule has 0 aromatic heterocycles. The fraction of sp³-hybridized carbons (Fsp3) is 0.500. The molecule has 1 aromatic rings. The summed E-state index contributed by atoms with van der Waals surface area (Å²) < 4.78 is 20.7. The van der Waals surface area contributed by atoms with Crippen LogP contribution in [0.15, 0.2) is 28.7 Å². The van der Waals surface area contributed by atoms with Gasteiger partial charge in [0, 0.05) is 0 Å². The fourth-order valence-electron chi connectivity index (χ4n) is 1.31. The van der Waals surface area contributed by atoms with Crippen molar-refractivity contribution < 1.29 is 14.1 Å². The molecule has 0 saturated heterocycles. The summed E-state index contributed by atoms with van der Waals surface area (Å²) in [7, 11) is 0. The SMILES string of the molecule is CC(C)(C)OC(=O)c1ccc(C=N[S@+]([O-])C(C)(C)C)cc1. The number of carbonyl (C=O) groups is 1. The first-order valence-electron chi connectivity index (χ1n) is 6.78. The van der Waals surface area contributed by atoms with Gasteiger partial charge in [-0.05, 0) is 59.2 Å².